The van der Waals surface area contributed by atoms with Crippen molar-refractivity contribution in [3.8, 4) is 0 Å². The van der Waals surface area contributed by atoms with Crippen molar-refractivity contribution in [3.05, 3.63) is 118 Å². The molecule has 2 heteroatoms. The van der Waals surface area contributed by atoms with Crippen LogP contribution in [0.3, 0.4) is 0 Å². The van der Waals surface area contributed by atoms with Gasteiger partial charge in [-0.1, -0.05) is 91.9 Å². The molecule has 0 fully saturated rings. The first-order valence-corrected chi connectivity index (χ1v) is 10.1. The quantitative estimate of drug-likeness (QED) is 0.516. The van der Waals surface area contributed by atoms with E-state index >= 15 is 0 Å². The smallest absolute Gasteiger partial charge is 0.194 e. The average molecular weight is 378 g/mol. The third-order valence-corrected chi connectivity index (χ3v) is 6.15. The molecule has 4 aromatic rings. The fourth-order valence-corrected chi connectivity index (χ4v) is 4.74. The first-order valence-electron chi connectivity index (χ1n) is 10.1. The molecule has 0 bridgehead atoms. The fourth-order valence-electron chi connectivity index (χ4n) is 4.74. The maximum absolute atomic E-state index is 13.3. The van der Waals surface area contributed by atoms with Gasteiger partial charge in [0.15, 0.2) is 5.78 Å². The molecule has 0 aromatic heterocycles. The lowest BCUT2D eigenvalue weighted by Gasteiger charge is -2.37. The first kappa shape index (κ1) is 17.8. The summed E-state index contributed by atoms with van der Waals surface area (Å²) < 4.78 is 0. The molecule has 5 rings (SSSR count). The van der Waals surface area contributed by atoms with Crippen molar-refractivity contribution in [1.29, 1.82) is 0 Å². The van der Waals surface area contributed by atoms with Gasteiger partial charge in [-0.25, -0.2) is 0 Å². The predicted molar refractivity (Wildman–Crippen MR) is 116 cm³/mol. The second kappa shape index (κ2) is 6.68. The van der Waals surface area contributed by atoms with Gasteiger partial charge < -0.3 is 5.11 Å². The lowest BCUT2D eigenvalue weighted by atomic mass is 9.70. The van der Waals surface area contributed by atoms with Crippen molar-refractivity contribution in [2.24, 2.45) is 0 Å². The van der Waals surface area contributed by atoms with Gasteiger partial charge in [0.25, 0.3) is 0 Å². The van der Waals surface area contributed by atoms with Crippen LogP contribution in [0.2, 0.25) is 0 Å². The molecule has 0 spiro atoms. The minimum absolute atomic E-state index is 0.00986. The Labute approximate surface area is 170 Å². The average Bonchev–Trinajstić information content (AvgIpc) is 2.77. The Morgan fingerprint density at radius 2 is 1.41 bits per heavy atom. The second-order valence-electron chi connectivity index (χ2n) is 7.74. The maximum atomic E-state index is 13.3. The molecule has 1 unspecified atom stereocenters. The van der Waals surface area contributed by atoms with E-state index in [1.165, 1.54) is 0 Å². The topological polar surface area (TPSA) is 37.3 Å². The Bertz CT molecular complexity index is 1250. The summed E-state index contributed by atoms with van der Waals surface area (Å²) in [6, 6.07) is 27.8. The number of aryl methyl sites for hydroxylation is 1. The van der Waals surface area contributed by atoms with Gasteiger partial charge in [0.1, 0.15) is 5.60 Å². The van der Waals surface area contributed by atoms with E-state index in [2.05, 4.69) is 24.3 Å². The third-order valence-electron chi connectivity index (χ3n) is 6.15. The van der Waals surface area contributed by atoms with E-state index in [0.717, 1.165) is 28.3 Å². The van der Waals surface area contributed by atoms with Crippen LogP contribution in [0, 0.1) is 0 Å². The minimum Gasteiger partial charge on any atom is -0.380 e. The zero-order valence-corrected chi connectivity index (χ0v) is 16.4. The van der Waals surface area contributed by atoms with Crippen molar-refractivity contribution in [1.82, 2.24) is 0 Å². The van der Waals surface area contributed by atoms with E-state index in [1.54, 1.807) is 0 Å². The Kier molecular flexibility index (Phi) is 4.11. The van der Waals surface area contributed by atoms with Crippen LogP contribution in [0.15, 0.2) is 84.9 Å². The molecule has 142 valence electrons. The van der Waals surface area contributed by atoms with Crippen molar-refractivity contribution in [2.75, 3.05) is 0 Å². The van der Waals surface area contributed by atoms with Crippen molar-refractivity contribution >= 4 is 16.6 Å². The molecular weight excluding hydrogens is 356 g/mol. The molecule has 0 heterocycles. The molecule has 0 amide bonds. The summed E-state index contributed by atoms with van der Waals surface area (Å²) in [5.41, 5.74) is 3.47. The molecule has 0 aliphatic heterocycles. The van der Waals surface area contributed by atoms with Crippen LogP contribution < -0.4 is 0 Å². The van der Waals surface area contributed by atoms with Crippen molar-refractivity contribution in [3.63, 3.8) is 0 Å². The van der Waals surface area contributed by atoms with Gasteiger partial charge >= 0.3 is 0 Å². The van der Waals surface area contributed by atoms with E-state index in [4.69, 9.17) is 0 Å². The minimum atomic E-state index is -1.25. The summed E-state index contributed by atoms with van der Waals surface area (Å²) >= 11 is 0. The molecule has 1 aliphatic rings. The Hall–Kier alpha value is -3.23. The Morgan fingerprint density at radius 3 is 2.28 bits per heavy atom. The number of fused-ring (bicyclic) bond motifs is 3. The van der Waals surface area contributed by atoms with Crippen LogP contribution in [0.4, 0.5) is 0 Å². The zero-order valence-electron chi connectivity index (χ0n) is 16.4. The number of ketones is 1. The van der Waals surface area contributed by atoms with Gasteiger partial charge in [-0.2, -0.15) is 0 Å². The normalized spacial score (nSPS) is 17.8. The largest absolute Gasteiger partial charge is 0.380 e. The van der Waals surface area contributed by atoms with E-state index in [9.17, 15) is 9.90 Å². The molecule has 1 aliphatic carbocycles. The number of benzene rings is 4. The highest BCUT2D eigenvalue weighted by molar-refractivity contribution is 6.14. The summed E-state index contributed by atoms with van der Waals surface area (Å²) in [6.45, 7) is 2.05. The first-order chi connectivity index (χ1) is 14.1. The van der Waals surface area contributed by atoms with Gasteiger partial charge in [-0.15, -0.1) is 0 Å². The molecular formula is C27H22O2. The Morgan fingerprint density at radius 1 is 0.759 bits per heavy atom. The highest BCUT2D eigenvalue weighted by Gasteiger charge is 2.43. The number of aliphatic hydroxyl groups is 1. The Balaban J connectivity index is 1.78. The van der Waals surface area contributed by atoms with Gasteiger partial charge in [-0.05, 0) is 39.4 Å². The monoisotopic (exact) mass is 378 g/mol. The lowest BCUT2D eigenvalue weighted by Crippen LogP contribution is -2.38. The molecule has 1 atom stereocenters. The zero-order chi connectivity index (χ0) is 20.0. The number of carbonyl (C=O) groups is 1. The molecule has 0 radical (unpaired) electrons. The van der Waals surface area contributed by atoms with Gasteiger partial charge in [0.05, 0.1) is 0 Å². The summed E-state index contributed by atoms with van der Waals surface area (Å²) in [7, 11) is 0. The van der Waals surface area contributed by atoms with Gasteiger partial charge in [0.2, 0.25) is 0 Å². The second-order valence-corrected chi connectivity index (χ2v) is 7.74. The highest BCUT2D eigenvalue weighted by atomic mass is 16.3. The van der Waals surface area contributed by atoms with Crippen LogP contribution >= 0.6 is 0 Å². The lowest BCUT2D eigenvalue weighted by molar-refractivity contribution is 0.0722. The van der Waals surface area contributed by atoms with Gasteiger partial charge in [0, 0.05) is 17.5 Å². The highest BCUT2D eigenvalue weighted by Crippen LogP contribution is 2.43. The van der Waals surface area contributed by atoms with Crippen LogP contribution in [0.25, 0.3) is 10.8 Å². The molecule has 0 saturated carbocycles. The number of rotatable bonds is 3. The van der Waals surface area contributed by atoms with Crippen LogP contribution in [-0.4, -0.2) is 10.9 Å². The van der Waals surface area contributed by atoms with Gasteiger partial charge in [-0.3, -0.25) is 4.79 Å². The summed E-state index contributed by atoms with van der Waals surface area (Å²) in [6.07, 6.45) is 1.17. The molecule has 1 N–H and O–H groups in total. The van der Waals surface area contributed by atoms with Crippen molar-refractivity contribution in [2.45, 2.75) is 25.4 Å². The molecule has 2 nitrogen and oxygen atoms in total. The van der Waals surface area contributed by atoms with E-state index < -0.39 is 5.60 Å². The molecule has 4 aromatic carbocycles. The van der Waals surface area contributed by atoms with Crippen LogP contribution in [0.5, 0.6) is 0 Å². The third kappa shape index (κ3) is 2.64. The van der Waals surface area contributed by atoms with Crippen LogP contribution in [-0.2, 0) is 18.4 Å². The van der Waals surface area contributed by atoms with Crippen molar-refractivity contribution < 1.29 is 9.90 Å². The summed E-state index contributed by atoms with van der Waals surface area (Å²) in [5, 5.41) is 14.5. The molecule has 29 heavy (non-hydrogen) atoms. The maximum Gasteiger partial charge on any atom is 0.194 e. The molecule has 0 saturated heterocycles. The SMILES string of the molecule is CCc1cccc2c1C(=O)c1ccccc1C2(O)Cc1cccc2ccccc12. The number of carbonyl (C=O) groups excluding carboxylic acids is 1. The summed E-state index contributed by atoms with van der Waals surface area (Å²) in [4.78, 5) is 13.3. The predicted octanol–water partition coefficient (Wildman–Crippen LogP) is 5.43. The number of hydrogen-bond acceptors (Lipinski definition) is 2. The number of hydrogen-bond donors (Lipinski definition) is 1. The standard InChI is InChI=1S/C27H22O2/c1-2-18-10-8-16-24-25(18)26(28)22-14-5-6-15-23(22)27(24,29)17-20-12-7-11-19-9-3-4-13-21(19)20/h3-16,29H,2,17H2,1H3. The van der Waals surface area contributed by atoms with Crippen LogP contribution in [0.1, 0.15) is 45.1 Å². The fraction of sp³-hybridized carbons (Fsp3) is 0.148. The summed E-state index contributed by atoms with van der Waals surface area (Å²) in [5.74, 6) is 0.00986. The van der Waals surface area contributed by atoms with E-state index in [1.807, 2.05) is 67.6 Å². The van der Waals surface area contributed by atoms with E-state index in [-0.39, 0.29) is 5.78 Å². The van der Waals surface area contributed by atoms with E-state index in [0.29, 0.717) is 28.7 Å².